The van der Waals surface area contributed by atoms with Crippen LogP contribution in [0.1, 0.15) is 0 Å². The molecule has 0 aliphatic rings. The van der Waals surface area contributed by atoms with Crippen molar-refractivity contribution in [2.75, 3.05) is 0 Å². The van der Waals surface area contributed by atoms with Gasteiger partial charge >= 0.3 is 5.69 Å². The highest BCUT2D eigenvalue weighted by Gasteiger charge is 2.14. The molecule has 0 aliphatic heterocycles. The van der Waals surface area contributed by atoms with Crippen LogP contribution in [0.2, 0.25) is 0 Å². The van der Waals surface area contributed by atoms with Crippen molar-refractivity contribution in [2.24, 2.45) is 14.1 Å². The predicted molar refractivity (Wildman–Crippen MR) is 87.6 cm³/mol. The van der Waals surface area contributed by atoms with Crippen LogP contribution in [0.15, 0.2) is 39.0 Å². The summed E-state index contributed by atoms with van der Waals surface area (Å²) in [4.78, 5) is 50.4. The Balaban J connectivity index is 2.02. The largest absolute Gasteiger partial charge is 0.332 e. The fraction of sp³-hybridized carbons (Fsp3) is 0.286. The summed E-state index contributed by atoms with van der Waals surface area (Å²) in [7, 11) is 2.87. The molecule has 3 aromatic rings. The summed E-state index contributed by atoms with van der Waals surface area (Å²) in [5.41, 5.74) is -1.12. The number of aromatic nitrogens is 5. The van der Waals surface area contributed by atoms with E-state index in [2.05, 4.69) is 4.98 Å². The van der Waals surface area contributed by atoms with E-state index in [1.165, 1.54) is 34.1 Å². The number of pyridine rings is 1. The van der Waals surface area contributed by atoms with Gasteiger partial charge in [-0.2, -0.15) is 0 Å². The maximum Gasteiger partial charge on any atom is 0.332 e. The fourth-order valence-electron chi connectivity index (χ4n) is 2.58. The van der Waals surface area contributed by atoms with Gasteiger partial charge in [0.2, 0.25) is 0 Å². The van der Waals surface area contributed by atoms with Gasteiger partial charge in [-0.25, -0.2) is 9.78 Å². The van der Waals surface area contributed by atoms with Gasteiger partial charge in [0.25, 0.3) is 16.8 Å². The number of imidazole rings is 1. The van der Waals surface area contributed by atoms with Gasteiger partial charge in [0.1, 0.15) is 0 Å². The van der Waals surface area contributed by atoms with Crippen molar-refractivity contribution in [3.63, 3.8) is 0 Å². The summed E-state index contributed by atoms with van der Waals surface area (Å²) < 4.78 is 4.94. The zero-order valence-corrected chi connectivity index (χ0v) is 13.4. The molecule has 0 unspecified atom stereocenters. The van der Waals surface area contributed by atoms with E-state index in [4.69, 9.17) is 0 Å². The normalized spacial score (nSPS) is 11.1. The number of rotatable bonds is 4. The molecule has 0 radical (unpaired) electrons. The average molecular weight is 346 g/mol. The van der Waals surface area contributed by atoms with E-state index in [0.29, 0.717) is 0 Å². The molecular formula is C14H14N6O5. The van der Waals surface area contributed by atoms with Crippen LogP contribution in [0.4, 0.5) is 5.69 Å². The fourth-order valence-corrected chi connectivity index (χ4v) is 2.58. The molecule has 0 saturated carbocycles. The second-order valence-corrected chi connectivity index (χ2v) is 5.49. The third kappa shape index (κ3) is 2.65. The lowest BCUT2D eigenvalue weighted by atomic mass is 10.4. The van der Waals surface area contributed by atoms with Crippen LogP contribution in [0.5, 0.6) is 0 Å². The molecule has 0 aliphatic carbocycles. The molecule has 0 saturated heterocycles. The summed E-state index contributed by atoms with van der Waals surface area (Å²) in [6.07, 6.45) is 2.54. The molecule has 3 aromatic heterocycles. The van der Waals surface area contributed by atoms with Gasteiger partial charge in [-0.1, -0.05) is 0 Å². The first-order chi connectivity index (χ1) is 11.8. The predicted octanol–water partition coefficient (Wildman–Crippen LogP) is -0.796. The van der Waals surface area contributed by atoms with E-state index < -0.39 is 21.7 Å². The Labute approximate surface area is 139 Å². The van der Waals surface area contributed by atoms with E-state index in [-0.39, 0.29) is 29.9 Å². The number of nitrogens with zero attached hydrogens (tertiary/aromatic N) is 6. The molecule has 3 rings (SSSR count). The molecule has 3 heterocycles. The lowest BCUT2D eigenvalue weighted by Crippen LogP contribution is -2.37. The highest BCUT2D eigenvalue weighted by Crippen LogP contribution is 2.08. The monoisotopic (exact) mass is 346 g/mol. The highest BCUT2D eigenvalue weighted by atomic mass is 16.6. The van der Waals surface area contributed by atoms with Crippen molar-refractivity contribution in [3.05, 3.63) is 66.0 Å². The Kier molecular flexibility index (Phi) is 3.83. The number of fused-ring (bicyclic) bond motifs is 1. The maximum absolute atomic E-state index is 12.3. The van der Waals surface area contributed by atoms with Crippen LogP contribution in [-0.2, 0) is 27.2 Å². The van der Waals surface area contributed by atoms with Crippen molar-refractivity contribution >= 4 is 16.9 Å². The van der Waals surface area contributed by atoms with Crippen LogP contribution in [0, 0.1) is 10.1 Å². The summed E-state index contributed by atoms with van der Waals surface area (Å²) in [6, 6.07) is 2.25. The average Bonchev–Trinajstić information content (AvgIpc) is 3.01. The Morgan fingerprint density at radius 1 is 1.08 bits per heavy atom. The van der Waals surface area contributed by atoms with Crippen LogP contribution in [-0.4, -0.2) is 28.2 Å². The molecular weight excluding hydrogens is 332 g/mol. The topological polar surface area (TPSA) is 127 Å². The molecule has 0 bridgehead atoms. The minimum absolute atomic E-state index is 0.109. The smallest absolute Gasteiger partial charge is 0.323 e. The lowest BCUT2D eigenvalue weighted by molar-refractivity contribution is -0.385. The molecule has 0 fully saturated rings. The van der Waals surface area contributed by atoms with Gasteiger partial charge in [-0.05, 0) is 0 Å². The standard InChI is InChI=1S/C14H14N6O5/c1-16-12-11(13(22)17(2)14(16)23)19(8-15-12)6-5-18-7-9(20(24)25)3-4-10(18)21/h3-4,7-8H,5-6H2,1-2H3. The summed E-state index contributed by atoms with van der Waals surface area (Å²) in [5, 5.41) is 10.8. The third-order valence-electron chi connectivity index (χ3n) is 3.98. The van der Waals surface area contributed by atoms with E-state index in [1.54, 1.807) is 0 Å². The Hall–Kier alpha value is -3.50. The minimum atomic E-state index is -0.589. The molecule has 11 heteroatoms. The molecule has 0 aromatic carbocycles. The molecule has 11 nitrogen and oxygen atoms in total. The lowest BCUT2D eigenvalue weighted by Gasteiger charge is -2.08. The van der Waals surface area contributed by atoms with E-state index >= 15 is 0 Å². The third-order valence-corrected chi connectivity index (χ3v) is 3.98. The van der Waals surface area contributed by atoms with Crippen LogP contribution >= 0.6 is 0 Å². The van der Waals surface area contributed by atoms with Crippen LogP contribution in [0.25, 0.3) is 11.2 Å². The molecule has 0 spiro atoms. The molecule has 0 N–H and O–H groups in total. The highest BCUT2D eigenvalue weighted by molar-refractivity contribution is 5.69. The van der Waals surface area contributed by atoms with Crippen molar-refractivity contribution in [1.82, 2.24) is 23.3 Å². The Morgan fingerprint density at radius 2 is 1.76 bits per heavy atom. The summed E-state index contributed by atoms with van der Waals surface area (Å²) in [5.74, 6) is 0. The van der Waals surface area contributed by atoms with Crippen molar-refractivity contribution in [2.45, 2.75) is 13.1 Å². The Bertz CT molecular complexity index is 1170. The minimum Gasteiger partial charge on any atom is -0.323 e. The zero-order valence-electron chi connectivity index (χ0n) is 13.4. The van der Waals surface area contributed by atoms with Crippen molar-refractivity contribution in [3.8, 4) is 0 Å². The van der Waals surface area contributed by atoms with Crippen LogP contribution in [0.3, 0.4) is 0 Å². The van der Waals surface area contributed by atoms with E-state index in [1.807, 2.05) is 0 Å². The Morgan fingerprint density at radius 3 is 2.44 bits per heavy atom. The van der Waals surface area contributed by atoms with Gasteiger partial charge in [-0.3, -0.25) is 28.8 Å². The molecule has 0 amide bonds. The van der Waals surface area contributed by atoms with Gasteiger partial charge in [0.15, 0.2) is 11.2 Å². The number of nitro groups is 1. The molecule has 25 heavy (non-hydrogen) atoms. The second kappa shape index (κ2) is 5.85. The number of hydrogen-bond donors (Lipinski definition) is 0. The van der Waals surface area contributed by atoms with Crippen molar-refractivity contribution in [1.29, 1.82) is 0 Å². The van der Waals surface area contributed by atoms with Gasteiger partial charge in [0, 0.05) is 39.3 Å². The summed E-state index contributed by atoms with van der Waals surface area (Å²) >= 11 is 0. The molecule has 0 atom stereocenters. The van der Waals surface area contributed by atoms with Gasteiger partial charge < -0.3 is 9.13 Å². The SMILES string of the molecule is Cn1c(=O)c2c(ncn2CCn2cc([N+](=O)[O-])ccc2=O)n(C)c1=O. The van der Waals surface area contributed by atoms with E-state index in [9.17, 15) is 24.5 Å². The quantitative estimate of drug-likeness (QED) is 0.450. The zero-order chi connectivity index (χ0) is 18.3. The first-order valence-electron chi connectivity index (χ1n) is 7.27. The summed E-state index contributed by atoms with van der Waals surface area (Å²) in [6.45, 7) is 0.295. The first kappa shape index (κ1) is 16.4. The number of hydrogen-bond acceptors (Lipinski definition) is 6. The second-order valence-electron chi connectivity index (χ2n) is 5.49. The van der Waals surface area contributed by atoms with E-state index in [0.717, 1.165) is 22.9 Å². The maximum atomic E-state index is 12.3. The van der Waals surface area contributed by atoms with Crippen LogP contribution < -0.4 is 16.8 Å². The van der Waals surface area contributed by atoms with Gasteiger partial charge in [-0.15, -0.1) is 0 Å². The number of aryl methyl sites for hydroxylation is 3. The van der Waals surface area contributed by atoms with Crippen molar-refractivity contribution < 1.29 is 4.92 Å². The van der Waals surface area contributed by atoms with Gasteiger partial charge in [0.05, 0.1) is 17.4 Å². The molecule has 130 valence electrons. The first-order valence-corrected chi connectivity index (χ1v) is 7.27.